The minimum absolute atomic E-state index is 0.251. The molecule has 0 aliphatic carbocycles. The zero-order chi connectivity index (χ0) is 15.6. The minimum atomic E-state index is -0.388. The highest BCUT2D eigenvalue weighted by molar-refractivity contribution is 6.37. The van der Waals surface area contributed by atoms with Crippen LogP contribution in [0.2, 0.25) is 15.1 Å². The van der Waals surface area contributed by atoms with Crippen LogP contribution < -0.4 is 10.6 Å². The largest absolute Gasteiger partial charge is 0.373 e. The summed E-state index contributed by atoms with van der Waals surface area (Å²) in [4.78, 5) is 16.3. The first-order valence-corrected chi connectivity index (χ1v) is 7.16. The fraction of sp³-hybridized carbons (Fsp3) is 0.143. The van der Waals surface area contributed by atoms with E-state index in [9.17, 15) is 4.79 Å². The fourth-order valence-corrected chi connectivity index (χ4v) is 2.30. The average molecular weight is 345 g/mol. The van der Waals surface area contributed by atoms with Gasteiger partial charge in [-0.1, -0.05) is 34.8 Å². The third-order valence-electron chi connectivity index (χ3n) is 2.85. The molecule has 1 heterocycles. The Labute approximate surface area is 137 Å². The first-order valence-electron chi connectivity index (χ1n) is 6.02. The maximum atomic E-state index is 12.3. The molecule has 21 heavy (non-hydrogen) atoms. The highest BCUT2D eigenvalue weighted by Crippen LogP contribution is 2.29. The second-order valence-electron chi connectivity index (χ2n) is 4.33. The number of pyridine rings is 1. The number of amides is 1. The number of rotatable bonds is 3. The van der Waals surface area contributed by atoms with E-state index >= 15 is 0 Å². The molecule has 0 atom stereocenters. The Bertz CT molecular complexity index is 704. The van der Waals surface area contributed by atoms with Gasteiger partial charge in [0.2, 0.25) is 0 Å². The number of halogens is 3. The smallest absolute Gasteiger partial charge is 0.257 e. The van der Waals surface area contributed by atoms with Crippen LogP contribution in [0, 0.1) is 6.92 Å². The predicted octanol–water partition coefficient (Wildman–Crippen LogP) is 4.64. The second kappa shape index (κ2) is 6.52. The zero-order valence-electron chi connectivity index (χ0n) is 11.3. The van der Waals surface area contributed by atoms with E-state index in [0.717, 1.165) is 5.56 Å². The summed E-state index contributed by atoms with van der Waals surface area (Å²) in [7, 11) is 1.70. The minimum Gasteiger partial charge on any atom is -0.373 e. The van der Waals surface area contributed by atoms with E-state index in [0.29, 0.717) is 27.1 Å². The molecule has 0 fully saturated rings. The SMILES string of the molecule is CNc1cc(C(=O)Nc2cc(Cl)c(C)cc2Cl)c(Cl)cn1. The Morgan fingerprint density at radius 2 is 1.81 bits per heavy atom. The topological polar surface area (TPSA) is 54.0 Å². The quantitative estimate of drug-likeness (QED) is 0.852. The molecule has 4 nitrogen and oxygen atoms in total. The van der Waals surface area contributed by atoms with Gasteiger partial charge in [0.15, 0.2) is 0 Å². The van der Waals surface area contributed by atoms with Gasteiger partial charge in [-0.05, 0) is 30.7 Å². The van der Waals surface area contributed by atoms with Crippen LogP contribution in [-0.2, 0) is 0 Å². The third kappa shape index (κ3) is 3.59. The van der Waals surface area contributed by atoms with E-state index in [-0.39, 0.29) is 10.9 Å². The predicted molar refractivity (Wildman–Crippen MR) is 87.9 cm³/mol. The number of carbonyl (C=O) groups excluding carboxylic acids is 1. The van der Waals surface area contributed by atoms with Crippen LogP contribution in [0.25, 0.3) is 0 Å². The van der Waals surface area contributed by atoms with Crippen LogP contribution in [0.1, 0.15) is 15.9 Å². The van der Waals surface area contributed by atoms with Crippen molar-refractivity contribution in [3.05, 3.63) is 50.6 Å². The standard InChI is InChI=1S/C14H12Cl3N3O/c1-7-3-10(16)12(5-9(7)15)20-14(21)8-4-13(18-2)19-6-11(8)17/h3-6H,1-2H3,(H,18,19)(H,20,21). The molecule has 7 heteroatoms. The maximum Gasteiger partial charge on any atom is 0.257 e. The lowest BCUT2D eigenvalue weighted by atomic mass is 10.2. The molecule has 1 amide bonds. The Balaban J connectivity index is 2.32. The van der Waals surface area contributed by atoms with E-state index in [1.807, 2.05) is 6.92 Å². The van der Waals surface area contributed by atoms with Crippen molar-refractivity contribution >= 4 is 52.2 Å². The lowest BCUT2D eigenvalue weighted by Gasteiger charge is -2.11. The molecule has 0 bridgehead atoms. The van der Waals surface area contributed by atoms with Gasteiger partial charge in [-0.3, -0.25) is 4.79 Å². The molecule has 0 aliphatic heterocycles. The summed E-state index contributed by atoms with van der Waals surface area (Å²) in [6.45, 7) is 1.83. The normalized spacial score (nSPS) is 10.3. The van der Waals surface area contributed by atoms with Crippen LogP contribution in [0.15, 0.2) is 24.4 Å². The van der Waals surface area contributed by atoms with Gasteiger partial charge in [-0.25, -0.2) is 4.98 Å². The third-order valence-corrected chi connectivity index (χ3v) is 3.87. The molecule has 0 saturated carbocycles. The first-order chi connectivity index (χ1) is 9.92. The zero-order valence-corrected chi connectivity index (χ0v) is 13.6. The number of nitrogens with one attached hydrogen (secondary N) is 2. The summed E-state index contributed by atoms with van der Waals surface area (Å²) in [6, 6.07) is 4.85. The van der Waals surface area contributed by atoms with Crippen LogP contribution in [0.5, 0.6) is 0 Å². The Hall–Kier alpha value is -1.49. The molecule has 0 unspecified atom stereocenters. The van der Waals surface area contributed by atoms with Crippen LogP contribution in [0.4, 0.5) is 11.5 Å². The van der Waals surface area contributed by atoms with Crippen LogP contribution in [0.3, 0.4) is 0 Å². The molecule has 2 rings (SSSR count). The number of aromatic nitrogens is 1. The molecule has 1 aromatic heterocycles. The molecule has 110 valence electrons. The van der Waals surface area contributed by atoms with E-state index in [2.05, 4.69) is 15.6 Å². The summed E-state index contributed by atoms with van der Waals surface area (Å²) < 4.78 is 0. The van der Waals surface area contributed by atoms with Crippen LogP contribution in [-0.4, -0.2) is 17.9 Å². The highest BCUT2D eigenvalue weighted by atomic mass is 35.5. The van der Waals surface area contributed by atoms with E-state index in [4.69, 9.17) is 34.8 Å². The van der Waals surface area contributed by atoms with Crippen molar-refractivity contribution in [2.45, 2.75) is 6.92 Å². The molecule has 1 aromatic carbocycles. The number of anilines is 2. The number of benzene rings is 1. The van der Waals surface area contributed by atoms with E-state index in [1.165, 1.54) is 6.20 Å². The summed E-state index contributed by atoms with van der Waals surface area (Å²) in [5.74, 6) is 0.151. The van der Waals surface area contributed by atoms with Gasteiger partial charge >= 0.3 is 0 Å². The van der Waals surface area contributed by atoms with Crippen molar-refractivity contribution in [3.63, 3.8) is 0 Å². The average Bonchev–Trinajstić information content (AvgIpc) is 2.45. The van der Waals surface area contributed by atoms with Crippen molar-refractivity contribution < 1.29 is 4.79 Å². The number of hydrogen-bond acceptors (Lipinski definition) is 3. The molecule has 0 aliphatic rings. The summed E-state index contributed by atoms with van der Waals surface area (Å²) >= 11 is 18.1. The van der Waals surface area contributed by atoms with Crippen molar-refractivity contribution in [1.82, 2.24) is 4.98 Å². The molecule has 2 N–H and O–H groups in total. The van der Waals surface area contributed by atoms with Gasteiger partial charge in [0.1, 0.15) is 5.82 Å². The van der Waals surface area contributed by atoms with Crippen molar-refractivity contribution in [1.29, 1.82) is 0 Å². The monoisotopic (exact) mass is 343 g/mol. The number of aryl methyl sites for hydroxylation is 1. The number of carbonyl (C=O) groups is 1. The second-order valence-corrected chi connectivity index (χ2v) is 5.56. The Morgan fingerprint density at radius 3 is 2.48 bits per heavy atom. The highest BCUT2D eigenvalue weighted by Gasteiger charge is 2.14. The Kier molecular flexibility index (Phi) is 4.93. The maximum absolute atomic E-state index is 12.3. The van der Waals surface area contributed by atoms with Crippen molar-refractivity contribution in [2.75, 3.05) is 17.7 Å². The molecular formula is C14H12Cl3N3O. The number of hydrogen-bond donors (Lipinski definition) is 2. The molecular weight excluding hydrogens is 333 g/mol. The van der Waals surface area contributed by atoms with Gasteiger partial charge in [0.25, 0.3) is 5.91 Å². The number of nitrogens with zero attached hydrogens (tertiary/aromatic N) is 1. The van der Waals surface area contributed by atoms with Gasteiger partial charge in [-0.2, -0.15) is 0 Å². The summed E-state index contributed by atoms with van der Waals surface area (Å²) in [5, 5.41) is 6.71. The lowest BCUT2D eigenvalue weighted by Crippen LogP contribution is -2.13. The van der Waals surface area contributed by atoms with Crippen molar-refractivity contribution in [2.24, 2.45) is 0 Å². The Morgan fingerprint density at radius 1 is 1.10 bits per heavy atom. The lowest BCUT2D eigenvalue weighted by molar-refractivity contribution is 0.102. The summed E-state index contributed by atoms with van der Waals surface area (Å²) in [6.07, 6.45) is 1.41. The molecule has 0 radical (unpaired) electrons. The summed E-state index contributed by atoms with van der Waals surface area (Å²) in [5.41, 5.74) is 1.55. The van der Waals surface area contributed by atoms with Crippen molar-refractivity contribution in [3.8, 4) is 0 Å². The molecule has 0 saturated heterocycles. The molecule has 0 spiro atoms. The van der Waals surface area contributed by atoms with Gasteiger partial charge in [-0.15, -0.1) is 0 Å². The fourth-order valence-electron chi connectivity index (χ4n) is 1.68. The van der Waals surface area contributed by atoms with Gasteiger partial charge in [0, 0.05) is 18.3 Å². The van der Waals surface area contributed by atoms with E-state index < -0.39 is 0 Å². The first kappa shape index (κ1) is 15.9. The van der Waals surface area contributed by atoms with E-state index in [1.54, 1.807) is 25.2 Å². The van der Waals surface area contributed by atoms with Gasteiger partial charge in [0.05, 0.1) is 21.3 Å². The van der Waals surface area contributed by atoms with Gasteiger partial charge < -0.3 is 10.6 Å². The molecule has 2 aromatic rings. The van der Waals surface area contributed by atoms with Crippen LogP contribution >= 0.6 is 34.8 Å².